The van der Waals surface area contributed by atoms with E-state index >= 15 is 0 Å². The second-order valence-electron chi connectivity index (χ2n) is 7.37. The van der Waals surface area contributed by atoms with Crippen molar-refractivity contribution in [2.75, 3.05) is 0 Å². The molecule has 0 fully saturated rings. The van der Waals surface area contributed by atoms with E-state index in [1.807, 2.05) is 0 Å². The van der Waals surface area contributed by atoms with Gasteiger partial charge in [0.2, 0.25) is 0 Å². The maximum atomic E-state index is 4.03. The highest BCUT2D eigenvalue weighted by Crippen LogP contribution is 2.55. The molecule has 0 aromatic heterocycles. The van der Waals surface area contributed by atoms with Crippen molar-refractivity contribution in [1.29, 1.82) is 0 Å². The Hall–Kier alpha value is -0.830. The van der Waals surface area contributed by atoms with Crippen LogP contribution in [0.3, 0.4) is 0 Å². The SMILES string of the molecule is C=C(I)c1ccc(C2=CC[C@](C)(CC)/C(=C\CC)C2(C)C)cc1. The first kappa shape index (κ1) is 18.5. The van der Waals surface area contributed by atoms with Crippen LogP contribution in [0.25, 0.3) is 9.15 Å². The fourth-order valence-corrected chi connectivity index (χ4v) is 4.30. The van der Waals surface area contributed by atoms with Crippen molar-refractivity contribution in [2.45, 2.75) is 53.9 Å². The normalized spacial score (nSPS) is 25.3. The van der Waals surface area contributed by atoms with E-state index in [0.717, 1.165) is 16.4 Å². The molecule has 0 nitrogen and oxygen atoms in total. The maximum Gasteiger partial charge on any atom is 0.0130 e. The molecule has 23 heavy (non-hydrogen) atoms. The van der Waals surface area contributed by atoms with Crippen molar-refractivity contribution in [3.05, 3.63) is 59.7 Å². The van der Waals surface area contributed by atoms with Gasteiger partial charge in [-0.1, -0.05) is 83.2 Å². The zero-order chi connectivity index (χ0) is 17.3. The lowest BCUT2D eigenvalue weighted by Gasteiger charge is -2.46. The molecular formula is C22H29I. The highest BCUT2D eigenvalue weighted by atomic mass is 127. The van der Waals surface area contributed by atoms with Gasteiger partial charge >= 0.3 is 0 Å². The number of hydrogen-bond donors (Lipinski definition) is 0. The molecule has 0 radical (unpaired) electrons. The average Bonchev–Trinajstić information content (AvgIpc) is 2.51. The molecule has 2 rings (SSSR count). The van der Waals surface area contributed by atoms with Crippen molar-refractivity contribution in [3.63, 3.8) is 0 Å². The van der Waals surface area contributed by atoms with Crippen molar-refractivity contribution < 1.29 is 0 Å². The van der Waals surface area contributed by atoms with Gasteiger partial charge in [-0.05, 0) is 64.0 Å². The third-order valence-corrected chi connectivity index (χ3v) is 6.07. The summed E-state index contributed by atoms with van der Waals surface area (Å²) < 4.78 is 1.09. The molecule has 0 N–H and O–H groups in total. The van der Waals surface area contributed by atoms with Gasteiger partial charge in [0.25, 0.3) is 0 Å². The molecule has 1 aromatic carbocycles. The summed E-state index contributed by atoms with van der Waals surface area (Å²) in [7, 11) is 0. The van der Waals surface area contributed by atoms with Crippen LogP contribution in [0.2, 0.25) is 0 Å². The van der Waals surface area contributed by atoms with Crippen LogP contribution in [0.4, 0.5) is 0 Å². The zero-order valence-electron chi connectivity index (χ0n) is 15.2. The van der Waals surface area contributed by atoms with Crippen LogP contribution >= 0.6 is 22.6 Å². The predicted octanol–water partition coefficient (Wildman–Crippen LogP) is 7.66. The lowest BCUT2D eigenvalue weighted by Crippen LogP contribution is -2.33. The van der Waals surface area contributed by atoms with Crippen LogP contribution in [0.15, 0.2) is 48.6 Å². The molecule has 0 saturated carbocycles. The van der Waals surface area contributed by atoms with Crippen LogP contribution in [-0.4, -0.2) is 0 Å². The summed E-state index contributed by atoms with van der Waals surface area (Å²) in [5.41, 5.74) is 6.01. The van der Waals surface area contributed by atoms with Gasteiger partial charge < -0.3 is 0 Å². The third kappa shape index (κ3) is 3.50. The molecule has 0 heterocycles. The summed E-state index contributed by atoms with van der Waals surface area (Å²) in [5.74, 6) is 0. The quantitative estimate of drug-likeness (QED) is 0.347. The van der Waals surface area contributed by atoms with Gasteiger partial charge in [-0.25, -0.2) is 0 Å². The summed E-state index contributed by atoms with van der Waals surface area (Å²) in [5, 5.41) is 0. The van der Waals surface area contributed by atoms with Crippen molar-refractivity contribution in [2.24, 2.45) is 10.8 Å². The summed E-state index contributed by atoms with van der Waals surface area (Å²) in [6.07, 6.45) is 8.38. The first-order valence-corrected chi connectivity index (χ1v) is 9.71. The summed E-state index contributed by atoms with van der Waals surface area (Å²) in [6.45, 7) is 15.8. The van der Waals surface area contributed by atoms with Gasteiger partial charge in [-0.15, -0.1) is 0 Å². The molecule has 0 amide bonds. The molecule has 0 aliphatic heterocycles. The van der Waals surface area contributed by atoms with Crippen molar-refractivity contribution in [1.82, 2.24) is 0 Å². The van der Waals surface area contributed by atoms with Crippen molar-refractivity contribution in [3.8, 4) is 0 Å². The van der Waals surface area contributed by atoms with Gasteiger partial charge in [-0.2, -0.15) is 0 Å². The largest absolute Gasteiger partial charge is 0.0850 e. The minimum Gasteiger partial charge on any atom is -0.0850 e. The highest BCUT2D eigenvalue weighted by molar-refractivity contribution is 14.1. The van der Waals surface area contributed by atoms with Gasteiger partial charge in [-0.3, -0.25) is 0 Å². The Balaban J connectivity index is 2.51. The predicted molar refractivity (Wildman–Crippen MR) is 113 cm³/mol. The molecule has 1 aliphatic rings. The first-order chi connectivity index (χ1) is 10.8. The zero-order valence-corrected chi connectivity index (χ0v) is 17.3. The molecule has 0 spiro atoms. The van der Waals surface area contributed by atoms with E-state index in [-0.39, 0.29) is 5.41 Å². The van der Waals surface area contributed by atoms with Gasteiger partial charge in [0.05, 0.1) is 0 Å². The molecule has 0 unspecified atom stereocenters. The van der Waals surface area contributed by atoms with Crippen LogP contribution in [0.5, 0.6) is 0 Å². The van der Waals surface area contributed by atoms with E-state index in [9.17, 15) is 0 Å². The van der Waals surface area contributed by atoms with E-state index < -0.39 is 0 Å². The summed E-state index contributed by atoms with van der Waals surface area (Å²) >= 11 is 2.29. The molecule has 1 aromatic rings. The molecule has 124 valence electrons. The van der Waals surface area contributed by atoms with E-state index in [4.69, 9.17) is 0 Å². The van der Waals surface area contributed by atoms with Gasteiger partial charge in [0.1, 0.15) is 0 Å². The maximum absolute atomic E-state index is 4.03. The monoisotopic (exact) mass is 420 g/mol. The Morgan fingerprint density at radius 1 is 1.17 bits per heavy atom. The Morgan fingerprint density at radius 3 is 2.26 bits per heavy atom. The smallest absolute Gasteiger partial charge is 0.0130 e. The minimum atomic E-state index is 0.0852. The van der Waals surface area contributed by atoms with Gasteiger partial charge in [0.15, 0.2) is 0 Å². The van der Waals surface area contributed by atoms with Crippen LogP contribution < -0.4 is 0 Å². The number of hydrogen-bond acceptors (Lipinski definition) is 0. The van der Waals surface area contributed by atoms with Crippen LogP contribution in [-0.2, 0) is 0 Å². The minimum absolute atomic E-state index is 0.0852. The Labute approximate surface area is 155 Å². The number of halogens is 1. The second-order valence-corrected chi connectivity index (χ2v) is 8.67. The van der Waals surface area contributed by atoms with E-state index in [1.165, 1.54) is 23.1 Å². The van der Waals surface area contributed by atoms with Crippen LogP contribution in [0, 0.1) is 10.8 Å². The van der Waals surface area contributed by atoms with Gasteiger partial charge in [0, 0.05) is 8.99 Å². The summed E-state index contributed by atoms with van der Waals surface area (Å²) in [4.78, 5) is 0. The highest BCUT2D eigenvalue weighted by Gasteiger charge is 2.41. The fraction of sp³-hybridized carbons (Fsp3) is 0.455. The van der Waals surface area contributed by atoms with E-state index in [2.05, 4.69) is 100 Å². The topological polar surface area (TPSA) is 0 Å². The number of allylic oxidation sites excluding steroid dienone is 4. The summed E-state index contributed by atoms with van der Waals surface area (Å²) in [6, 6.07) is 8.89. The molecule has 1 atom stereocenters. The lowest BCUT2D eigenvalue weighted by molar-refractivity contribution is 0.310. The van der Waals surface area contributed by atoms with E-state index in [0.29, 0.717) is 5.41 Å². The Kier molecular flexibility index (Phi) is 5.60. The standard InChI is InChI=1S/C22H29I/c1-7-9-20-21(4,5)19(14-15-22(20,6)8-2)18-12-10-17(11-13-18)16(3)23/h9-14H,3,7-8,15H2,1-2,4-6H3/b20-9-/t22-/m0/s1. The van der Waals surface area contributed by atoms with Crippen LogP contribution in [0.1, 0.15) is 65.0 Å². The third-order valence-electron chi connectivity index (χ3n) is 5.45. The Bertz CT molecular complexity index is 643. The molecule has 1 heteroatoms. The lowest BCUT2D eigenvalue weighted by atomic mass is 9.58. The molecule has 0 saturated heterocycles. The fourth-order valence-electron chi connectivity index (χ4n) is 3.94. The average molecular weight is 420 g/mol. The first-order valence-electron chi connectivity index (χ1n) is 8.63. The van der Waals surface area contributed by atoms with Crippen molar-refractivity contribution >= 4 is 31.7 Å². The molecular weight excluding hydrogens is 391 g/mol. The number of rotatable bonds is 4. The molecule has 0 bridgehead atoms. The Morgan fingerprint density at radius 2 is 1.78 bits per heavy atom. The molecule has 1 aliphatic carbocycles. The van der Waals surface area contributed by atoms with E-state index in [1.54, 1.807) is 5.57 Å². The second kappa shape index (κ2) is 6.96. The number of benzene rings is 1.